The van der Waals surface area contributed by atoms with E-state index in [1.54, 1.807) is 0 Å². The van der Waals surface area contributed by atoms with Crippen LogP contribution in [0.1, 0.15) is 28.5 Å². The van der Waals surface area contributed by atoms with Crippen molar-refractivity contribution in [2.75, 3.05) is 26.7 Å². The molecule has 0 saturated heterocycles. The third-order valence-corrected chi connectivity index (χ3v) is 4.56. The van der Waals surface area contributed by atoms with Gasteiger partial charge in [0, 0.05) is 43.7 Å². The van der Waals surface area contributed by atoms with Gasteiger partial charge in [0.05, 0.1) is 18.2 Å². The zero-order valence-electron chi connectivity index (χ0n) is 13.3. The molecule has 2 heterocycles. The Hall–Kier alpha value is -1.85. The Kier molecular flexibility index (Phi) is 4.18. The maximum Gasteiger partial charge on any atom is 0.340 e. The van der Waals surface area contributed by atoms with Crippen LogP contribution in [-0.4, -0.2) is 42.2 Å². The normalized spacial score (nSPS) is 15.0. The molecule has 0 saturated carbocycles. The van der Waals surface area contributed by atoms with E-state index in [2.05, 4.69) is 22.5 Å². The van der Waals surface area contributed by atoms with E-state index in [1.165, 1.54) is 18.4 Å². The van der Waals surface area contributed by atoms with Gasteiger partial charge in [-0.3, -0.25) is 4.90 Å². The van der Waals surface area contributed by atoms with Crippen molar-refractivity contribution in [2.24, 2.45) is 5.73 Å². The second-order valence-electron chi connectivity index (χ2n) is 5.68. The van der Waals surface area contributed by atoms with E-state index in [-0.39, 0.29) is 5.97 Å². The van der Waals surface area contributed by atoms with Gasteiger partial charge in [-0.1, -0.05) is 19.1 Å². The highest BCUT2D eigenvalue weighted by atomic mass is 16.5. The van der Waals surface area contributed by atoms with Crippen molar-refractivity contribution in [2.45, 2.75) is 26.4 Å². The first kappa shape index (κ1) is 15.1. The smallest absolute Gasteiger partial charge is 0.340 e. The predicted molar refractivity (Wildman–Crippen MR) is 87.0 cm³/mol. The number of esters is 1. The van der Waals surface area contributed by atoms with E-state index in [0.29, 0.717) is 12.1 Å². The SMILES string of the molecule is CCN1CCc2c(c3cccc(C(=O)OC)c3n2CCN)C1. The zero-order valence-corrected chi connectivity index (χ0v) is 13.3. The van der Waals surface area contributed by atoms with Gasteiger partial charge in [0.15, 0.2) is 0 Å². The molecule has 0 bridgehead atoms. The quantitative estimate of drug-likeness (QED) is 0.874. The lowest BCUT2D eigenvalue weighted by Crippen LogP contribution is -2.31. The van der Waals surface area contributed by atoms with Crippen molar-refractivity contribution in [3.8, 4) is 0 Å². The van der Waals surface area contributed by atoms with Crippen LogP contribution in [0.2, 0.25) is 0 Å². The first-order chi connectivity index (χ1) is 10.7. The lowest BCUT2D eigenvalue weighted by molar-refractivity contribution is 0.0602. The number of carbonyl (C=O) groups is 1. The summed E-state index contributed by atoms with van der Waals surface area (Å²) in [6, 6.07) is 5.88. The van der Waals surface area contributed by atoms with Gasteiger partial charge in [-0.2, -0.15) is 0 Å². The molecular formula is C17H23N3O2. The van der Waals surface area contributed by atoms with E-state index in [9.17, 15) is 4.79 Å². The van der Waals surface area contributed by atoms with Gasteiger partial charge in [0.2, 0.25) is 0 Å². The monoisotopic (exact) mass is 301 g/mol. The van der Waals surface area contributed by atoms with Gasteiger partial charge in [-0.05, 0) is 18.2 Å². The molecule has 1 aromatic heterocycles. The minimum Gasteiger partial charge on any atom is -0.465 e. The highest BCUT2D eigenvalue weighted by molar-refractivity contribution is 6.04. The first-order valence-corrected chi connectivity index (χ1v) is 7.85. The van der Waals surface area contributed by atoms with Crippen molar-refractivity contribution in [1.82, 2.24) is 9.47 Å². The number of methoxy groups -OCH3 is 1. The number of ether oxygens (including phenoxy) is 1. The average molecular weight is 301 g/mol. The van der Waals surface area contributed by atoms with Crippen LogP contribution in [0, 0.1) is 0 Å². The van der Waals surface area contributed by atoms with Crippen LogP contribution in [0.15, 0.2) is 18.2 Å². The van der Waals surface area contributed by atoms with Gasteiger partial charge in [0.1, 0.15) is 0 Å². The van der Waals surface area contributed by atoms with Crippen LogP contribution in [-0.2, 0) is 24.2 Å². The minimum absolute atomic E-state index is 0.286. The Morgan fingerprint density at radius 3 is 2.91 bits per heavy atom. The number of hydrogen-bond donors (Lipinski definition) is 1. The zero-order chi connectivity index (χ0) is 15.7. The molecule has 1 aliphatic heterocycles. The fourth-order valence-corrected chi connectivity index (χ4v) is 3.48. The molecule has 118 valence electrons. The molecule has 1 aliphatic rings. The summed E-state index contributed by atoms with van der Waals surface area (Å²) < 4.78 is 7.18. The van der Waals surface area contributed by atoms with E-state index in [4.69, 9.17) is 10.5 Å². The largest absolute Gasteiger partial charge is 0.465 e. The molecule has 2 aromatic rings. The highest BCUT2D eigenvalue weighted by Gasteiger charge is 2.25. The fraction of sp³-hybridized carbons (Fsp3) is 0.471. The predicted octanol–water partition coefficient (Wildman–Crippen LogP) is 1.76. The summed E-state index contributed by atoms with van der Waals surface area (Å²) in [7, 11) is 1.43. The second-order valence-corrected chi connectivity index (χ2v) is 5.68. The standard InChI is InChI=1S/C17H23N3O2/c1-3-19-9-7-15-14(11-19)12-5-4-6-13(17(21)22-2)16(12)20(15)10-8-18/h4-6H,3,7-11,18H2,1-2H3. The third-order valence-electron chi connectivity index (χ3n) is 4.56. The third kappa shape index (κ3) is 2.30. The number of benzene rings is 1. The number of likely N-dealkylation sites (N-methyl/N-ethyl adjacent to an activating group) is 1. The summed E-state index contributed by atoms with van der Waals surface area (Å²) in [5.41, 5.74) is 10.1. The Labute approximate surface area is 130 Å². The summed E-state index contributed by atoms with van der Waals surface area (Å²) in [4.78, 5) is 14.6. The molecular weight excluding hydrogens is 278 g/mol. The average Bonchev–Trinajstić information content (AvgIpc) is 2.88. The van der Waals surface area contributed by atoms with Crippen LogP contribution in [0.25, 0.3) is 10.9 Å². The Morgan fingerprint density at radius 2 is 2.23 bits per heavy atom. The highest BCUT2D eigenvalue weighted by Crippen LogP contribution is 2.33. The van der Waals surface area contributed by atoms with Crippen molar-refractivity contribution in [1.29, 1.82) is 0 Å². The van der Waals surface area contributed by atoms with Crippen molar-refractivity contribution >= 4 is 16.9 Å². The van der Waals surface area contributed by atoms with Gasteiger partial charge in [0.25, 0.3) is 0 Å². The topological polar surface area (TPSA) is 60.5 Å². The number of fused-ring (bicyclic) bond motifs is 3. The number of carbonyl (C=O) groups excluding carboxylic acids is 1. The molecule has 0 aliphatic carbocycles. The van der Waals surface area contributed by atoms with E-state index >= 15 is 0 Å². The Morgan fingerprint density at radius 1 is 1.41 bits per heavy atom. The summed E-state index contributed by atoms with van der Waals surface area (Å²) in [6.45, 7) is 6.50. The van der Waals surface area contributed by atoms with Gasteiger partial charge < -0.3 is 15.0 Å². The number of nitrogens with two attached hydrogens (primary N) is 1. The number of aromatic nitrogens is 1. The summed E-state index contributed by atoms with van der Waals surface area (Å²) in [5, 5.41) is 1.16. The summed E-state index contributed by atoms with van der Waals surface area (Å²) in [5.74, 6) is -0.286. The van der Waals surface area contributed by atoms with Crippen LogP contribution in [0.5, 0.6) is 0 Å². The molecule has 1 aromatic carbocycles. The van der Waals surface area contributed by atoms with Gasteiger partial charge in [-0.25, -0.2) is 4.79 Å². The van der Waals surface area contributed by atoms with Crippen molar-refractivity contribution in [3.05, 3.63) is 35.0 Å². The summed E-state index contributed by atoms with van der Waals surface area (Å²) >= 11 is 0. The maximum absolute atomic E-state index is 12.1. The van der Waals surface area contributed by atoms with E-state index in [0.717, 1.165) is 43.5 Å². The molecule has 5 nitrogen and oxygen atoms in total. The van der Waals surface area contributed by atoms with Crippen LogP contribution < -0.4 is 5.73 Å². The van der Waals surface area contributed by atoms with Gasteiger partial charge >= 0.3 is 5.97 Å². The van der Waals surface area contributed by atoms with E-state index < -0.39 is 0 Å². The van der Waals surface area contributed by atoms with Crippen LogP contribution >= 0.6 is 0 Å². The van der Waals surface area contributed by atoms with Crippen molar-refractivity contribution in [3.63, 3.8) is 0 Å². The van der Waals surface area contributed by atoms with Crippen LogP contribution in [0.4, 0.5) is 0 Å². The number of para-hydroxylation sites is 1. The number of hydrogen-bond acceptors (Lipinski definition) is 4. The Balaban J connectivity index is 2.26. The molecule has 5 heteroatoms. The molecule has 0 radical (unpaired) electrons. The minimum atomic E-state index is -0.286. The molecule has 2 N–H and O–H groups in total. The maximum atomic E-state index is 12.1. The molecule has 0 fully saturated rings. The molecule has 3 rings (SSSR count). The number of nitrogens with zero attached hydrogens (tertiary/aromatic N) is 2. The second kappa shape index (κ2) is 6.10. The molecule has 0 spiro atoms. The molecule has 0 amide bonds. The van der Waals surface area contributed by atoms with E-state index in [1.807, 2.05) is 12.1 Å². The molecule has 0 atom stereocenters. The molecule has 0 unspecified atom stereocenters. The first-order valence-electron chi connectivity index (χ1n) is 7.85. The van der Waals surface area contributed by atoms with Crippen molar-refractivity contribution < 1.29 is 9.53 Å². The lowest BCUT2D eigenvalue weighted by atomic mass is 10.0. The fourth-order valence-electron chi connectivity index (χ4n) is 3.48. The van der Waals surface area contributed by atoms with Gasteiger partial charge in [-0.15, -0.1) is 0 Å². The lowest BCUT2D eigenvalue weighted by Gasteiger charge is -2.26. The molecule has 22 heavy (non-hydrogen) atoms. The Bertz CT molecular complexity index is 705. The summed E-state index contributed by atoms with van der Waals surface area (Å²) in [6.07, 6.45) is 0.998. The number of rotatable bonds is 4. The van der Waals surface area contributed by atoms with Crippen LogP contribution in [0.3, 0.4) is 0 Å².